The molecule has 0 spiro atoms. The van der Waals surface area contributed by atoms with Gasteiger partial charge in [-0.2, -0.15) is 0 Å². The molecule has 1 N–H and O–H groups in total. The van der Waals surface area contributed by atoms with Crippen LogP contribution in [-0.2, 0) is 22.6 Å². The summed E-state index contributed by atoms with van der Waals surface area (Å²) in [6.45, 7) is -0.212. The number of ether oxygens (including phenoxy) is 1. The SMILES string of the molecule is O=C(NC1CCCC1)C(Cc1ccccc1)N(Cc1c(Cl)cccc1Cl)C(=O)COc1cccc(Cl)c1. The summed E-state index contributed by atoms with van der Waals surface area (Å²) in [7, 11) is 0. The van der Waals surface area contributed by atoms with Crippen LogP contribution in [0.25, 0.3) is 0 Å². The molecular formula is C29H29Cl3N2O3. The normalized spacial score (nSPS) is 14.2. The van der Waals surface area contributed by atoms with Crippen LogP contribution in [0.4, 0.5) is 0 Å². The van der Waals surface area contributed by atoms with E-state index in [-0.39, 0.29) is 31.0 Å². The molecule has 4 rings (SSSR count). The van der Waals surface area contributed by atoms with E-state index in [0.717, 1.165) is 31.2 Å². The molecular weight excluding hydrogens is 531 g/mol. The van der Waals surface area contributed by atoms with Gasteiger partial charge >= 0.3 is 0 Å². The molecule has 1 fully saturated rings. The van der Waals surface area contributed by atoms with Gasteiger partial charge in [-0.1, -0.05) is 90.1 Å². The van der Waals surface area contributed by atoms with E-state index in [2.05, 4.69) is 5.32 Å². The number of rotatable bonds is 10. The maximum absolute atomic E-state index is 13.7. The van der Waals surface area contributed by atoms with Crippen molar-refractivity contribution in [3.63, 3.8) is 0 Å². The maximum Gasteiger partial charge on any atom is 0.261 e. The van der Waals surface area contributed by atoms with E-state index in [1.807, 2.05) is 30.3 Å². The van der Waals surface area contributed by atoms with Gasteiger partial charge in [0.05, 0.1) is 0 Å². The summed E-state index contributed by atoms with van der Waals surface area (Å²) in [5.74, 6) is -0.0971. The third kappa shape index (κ3) is 7.64. The molecule has 3 aromatic rings. The van der Waals surface area contributed by atoms with Crippen molar-refractivity contribution in [3.05, 3.63) is 99.0 Å². The maximum atomic E-state index is 13.7. The molecule has 0 aromatic heterocycles. The first-order valence-electron chi connectivity index (χ1n) is 12.4. The molecule has 5 nitrogen and oxygen atoms in total. The number of benzene rings is 3. The van der Waals surface area contributed by atoms with Gasteiger partial charge in [0.25, 0.3) is 5.91 Å². The quantitative estimate of drug-likeness (QED) is 0.300. The van der Waals surface area contributed by atoms with Crippen LogP contribution in [0.3, 0.4) is 0 Å². The molecule has 1 aliphatic carbocycles. The molecule has 1 aliphatic rings. The lowest BCUT2D eigenvalue weighted by molar-refractivity contribution is -0.143. The lowest BCUT2D eigenvalue weighted by Gasteiger charge is -2.32. The van der Waals surface area contributed by atoms with E-state index in [1.54, 1.807) is 42.5 Å². The Morgan fingerprint density at radius 3 is 2.27 bits per heavy atom. The molecule has 3 aromatic carbocycles. The van der Waals surface area contributed by atoms with Crippen LogP contribution in [-0.4, -0.2) is 35.4 Å². The fraction of sp³-hybridized carbons (Fsp3) is 0.310. The van der Waals surface area contributed by atoms with Crippen molar-refractivity contribution in [2.45, 2.75) is 50.7 Å². The lowest BCUT2D eigenvalue weighted by Crippen LogP contribution is -2.53. The number of carbonyl (C=O) groups is 2. The summed E-state index contributed by atoms with van der Waals surface area (Å²) >= 11 is 19.0. The summed E-state index contributed by atoms with van der Waals surface area (Å²) in [5.41, 5.74) is 1.52. The molecule has 37 heavy (non-hydrogen) atoms. The fourth-order valence-corrected chi connectivity index (χ4v) is 5.26. The minimum Gasteiger partial charge on any atom is -0.484 e. The summed E-state index contributed by atoms with van der Waals surface area (Å²) in [5, 5.41) is 4.53. The van der Waals surface area contributed by atoms with Crippen molar-refractivity contribution in [3.8, 4) is 5.75 Å². The van der Waals surface area contributed by atoms with Crippen molar-refractivity contribution in [1.29, 1.82) is 0 Å². The Balaban J connectivity index is 1.65. The number of amides is 2. The molecule has 0 saturated heterocycles. The predicted octanol–water partition coefficient (Wildman–Crippen LogP) is 6.72. The highest BCUT2D eigenvalue weighted by atomic mass is 35.5. The second-order valence-electron chi connectivity index (χ2n) is 9.16. The van der Waals surface area contributed by atoms with Gasteiger partial charge in [-0.05, 0) is 48.7 Å². The first kappa shape index (κ1) is 27.3. The number of halogens is 3. The average molecular weight is 560 g/mol. The Kier molecular flexibility index (Phi) is 9.73. The highest BCUT2D eigenvalue weighted by Crippen LogP contribution is 2.28. The van der Waals surface area contributed by atoms with Crippen LogP contribution in [0.1, 0.15) is 36.8 Å². The van der Waals surface area contributed by atoms with Crippen molar-refractivity contribution in [2.75, 3.05) is 6.61 Å². The molecule has 8 heteroatoms. The molecule has 0 radical (unpaired) electrons. The Labute approximate surface area is 232 Å². The molecule has 2 amide bonds. The first-order valence-corrected chi connectivity index (χ1v) is 13.5. The minimum atomic E-state index is -0.786. The zero-order valence-electron chi connectivity index (χ0n) is 20.3. The van der Waals surface area contributed by atoms with Crippen LogP contribution >= 0.6 is 34.8 Å². The Morgan fingerprint density at radius 1 is 0.919 bits per heavy atom. The van der Waals surface area contributed by atoms with E-state index in [1.165, 1.54) is 4.90 Å². The second kappa shape index (κ2) is 13.2. The number of nitrogens with zero attached hydrogens (tertiary/aromatic N) is 1. The van der Waals surface area contributed by atoms with Gasteiger partial charge in [-0.3, -0.25) is 9.59 Å². The lowest BCUT2D eigenvalue weighted by atomic mass is 10.0. The van der Waals surface area contributed by atoms with Crippen LogP contribution in [0.5, 0.6) is 5.75 Å². The smallest absolute Gasteiger partial charge is 0.261 e. The van der Waals surface area contributed by atoms with Gasteiger partial charge in [0.2, 0.25) is 5.91 Å². The van der Waals surface area contributed by atoms with Gasteiger partial charge < -0.3 is 15.0 Å². The van der Waals surface area contributed by atoms with Gasteiger partial charge in [0.1, 0.15) is 11.8 Å². The molecule has 194 valence electrons. The van der Waals surface area contributed by atoms with E-state index < -0.39 is 6.04 Å². The fourth-order valence-electron chi connectivity index (χ4n) is 4.56. The van der Waals surface area contributed by atoms with Crippen LogP contribution in [0.2, 0.25) is 15.1 Å². The van der Waals surface area contributed by atoms with Crippen LogP contribution in [0.15, 0.2) is 72.8 Å². The summed E-state index contributed by atoms with van der Waals surface area (Å²) in [6.07, 6.45) is 4.38. The molecule has 0 aliphatic heterocycles. The molecule has 0 heterocycles. The zero-order chi connectivity index (χ0) is 26.2. The van der Waals surface area contributed by atoms with Gasteiger partial charge in [-0.15, -0.1) is 0 Å². The standard InChI is InChI=1S/C29H29Cl3N2O3/c30-21-10-6-13-23(17-21)37-19-28(35)34(18-24-25(31)14-7-15-26(24)32)27(16-20-8-2-1-3-9-20)29(36)33-22-11-4-5-12-22/h1-3,6-10,13-15,17,22,27H,4-5,11-12,16,18-19H2,(H,33,36). The number of nitrogens with one attached hydrogen (secondary N) is 1. The zero-order valence-corrected chi connectivity index (χ0v) is 22.6. The average Bonchev–Trinajstić information content (AvgIpc) is 3.40. The van der Waals surface area contributed by atoms with Crippen LogP contribution in [0, 0.1) is 0 Å². The molecule has 1 saturated carbocycles. The Hall–Kier alpha value is -2.73. The Bertz CT molecular complexity index is 1200. The van der Waals surface area contributed by atoms with Crippen molar-refractivity contribution >= 4 is 46.6 Å². The van der Waals surface area contributed by atoms with Gasteiger partial charge in [-0.25, -0.2) is 0 Å². The van der Waals surface area contributed by atoms with Gasteiger partial charge in [0, 0.05) is 39.6 Å². The van der Waals surface area contributed by atoms with Crippen molar-refractivity contribution in [1.82, 2.24) is 10.2 Å². The third-order valence-corrected chi connectivity index (χ3v) is 7.46. The Morgan fingerprint density at radius 2 is 1.59 bits per heavy atom. The summed E-state index contributed by atoms with van der Waals surface area (Å²) in [4.78, 5) is 28.9. The minimum absolute atomic E-state index is 0.0613. The highest BCUT2D eigenvalue weighted by molar-refractivity contribution is 6.36. The molecule has 1 atom stereocenters. The summed E-state index contributed by atoms with van der Waals surface area (Å²) in [6, 6.07) is 21.0. The van der Waals surface area contributed by atoms with Crippen molar-refractivity contribution in [2.24, 2.45) is 0 Å². The topological polar surface area (TPSA) is 58.6 Å². The monoisotopic (exact) mass is 558 g/mol. The number of hydrogen-bond donors (Lipinski definition) is 1. The summed E-state index contributed by atoms with van der Waals surface area (Å²) < 4.78 is 5.77. The largest absolute Gasteiger partial charge is 0.484 e. The van der Waals surface area contributed by atoms with E-state index in [9.17, 15) is 9.59 Å². The highest BCUT2D eigenvalue weighted by Gasteiger charge is 2.33. The van der Waals surface area contributed by atoms with E-state index in [0.29, 0.717) is 32.8 Å². The molecule has 0 bridgehead atoms. The molecule has 1 unspecified atom stereocenters. The predicted molar refractivity (Wildman–Crippen MR) is 148 cm³/mol. The third-order valence-electron chi connectivity index (χ3n) is 6.52. The van der Waals surface area contributed by atoms with Gasteiger partial charge in [0.15, 0.2) is 6.61 Å². The van der Waals surface area contributed by atoms with E-state index in [4.69, 9.17) is 39.5 Å². The first-order chi connectivity index (χ1) is 17.9. The van der Waals surface area contributed by atoms with Crippen molar-refractivity contribution < 1.29 is 14.3 Å². The number of hydrogen-bond acceptors (Lipinski definition) is 3. The van der Waals surface area contributed by atoms with E-state index >= 15 is 0 Å². The number of carbonyl (C=O) groups excluding carboxylic acids is 2. The van der Waals surface area contributed by atoms with Crippen LogP contribution < -0.4 is 10.1 Å². The second-order valence-corrected chi connectivity index (χ2v) is 10.4.